The summed E-state index contributed by atoms with van der Waals surface area (Å²) < 4.78 is 12.4. The van der Waals surface area contributed by atoms with Crippen LogP contribution >= 0.6 is 44.1 Å². The third kappa shape index (κ3) is 3.96. The Morgan fingerprint density at radius 1 is 1.00 bits per heavy atom. The van der Waals surface area contributed by atoms with Crippen LogP contribution in [0.4, 0.5) is 5.69 Å². The molecule has 1 N–H and O–H groups in total. The topological polar surface area (TPSA) is 30.5 Å². The number of anilines is 1. The van der Waals surface area contributed by atoms with Crippen molar-refractivity contribution in [3.05, 3.63) is 50.9 Å². The Balaban J connectivity index is 2.26. The second kappa shape index (κ2) is 7.24. The van der Waals surface area contributed by atoms with Crippen molar-refractivity contribution in [1.82, 2.24) is 0 Å². The number of hydrogen-bond donors (Lipinski definition) is 1. The molecule has 0 fully saturated rings. The monoisotopic (exact) mass is 429 g/mol. The van der Waals surface area contributed by atoms with Crippen molar-refractivity contribution in [2.75, 3.05) is 19.5 Å². The van der Waals surface area contributed by atoms with Gasteiger partial charge < -0.3 is 14.8 Å². The van der Waals surface area contributed by atoms with E-state index in [1.807, 2.05) is 36.4 Å². The zero-order valence-electron chi connectivity index (χ0n) is 11.4. The van der Waals surface area contributed by atoms with Crippen molar-refractivity contribution >= 4 is 54.8 Å². The standard InChI is InChI=1S/C15H13Br2NO2S/c1-19-13-6-3-9(7-14(13)20-2)15(21)18-12-8-10(16)4-5-11(12)17/h3-8H,1-2H3,(H,18,21). The molecule has 2 aromatic carbocycles. The van der Waals surface area contributed by atoms with E-state index in [9.17, 15) is 0 Å². The van der Waals surface area contributed by atoms with Crippen molar-refractivity contribution in [3.8, 4) is 11.5 Å². The molecule has 2 aromatic rings. The number of ether oxygens (including phenoxy) is 2. The first-order valence-corrected chi connectivity index (χ1v) is 8.03. The average Bonchev–Trinajstić information content (AvgIpc) is 2.50. The first kappa shape index (κ1) is 16.3. The number of methoxy groups -OCH3 is 2. The van der Waals surface area contributed by atoms with Gasteiger partial charge in [0.25, 0.3) is 0 Å². The van der Waals surface area contributed by atoms with E-state index in [4.69, 9.17) is 21.7 Å². The molecule has 0 aliphatic heterocycles. The summed E-state index contributed by atoms with van der Waals surface area (Å²) in [6, 6.07) is 11.4. The number of nitrogens with one attached hydrogen (secondary N) is 1. The van der Waals surface area contributed by atoms with Crippen LogP contribution in [-0.2, 0) is 0 Å². The minimum absolute atomic E-state index is 0.606. The van der Waals surface area contributed by atoms with Gasteiger partial charge >= 0.3 is 0 Å². The largest absolute Gasteiger partial charge is 0.493 e. The van der Waals surface area contributed by atoms with Gasteiger partial charge in [-0.3, -0.25) is 0 Å². The van der Waals surface area contributed by atoms with Crippen LogP contribution in [0.5, 0.6) is 11.5 Å². The SMILES string of the molecule is COc1ccc(C(=S)Nc2cc(Br)ccc2Br)cc1OC. The van der Waals surface area contributed by atoms with Gasteiger partial charge in [0, 0.05) is 14.5 Å². The van der Waals surface area contributed by atoms with Crippen molar-refractivity contribution in [2.45, 2.75) is 0 Å². The fourth-order valence-corrected chi connectivity index (χ4v) is 2.71. The Hall–Kier alpha value is -1.11. The van der Waals surface area contributed by atoms with Crippen LogP contribution in [0.15, 0.2) is 45.3 Å². The van der Waals surface area contributed by atoms with E-state index in [2.05, 4.69) is 37.2 Å². The Morgan fingerprint density at radius 3 is 2.38 bits per heavy atom. The van der Waals surface area contributed by atoms with E-state index < -0.39 is 0 Å². The molecule has 0 amide bonds. The van der Waals surface area contributed by atoms with E-state index in [1.54, 1.807) is 14.2 Å². The predicted molar refractivity (Wildman–Crippen MR) is 96.7 cm³/mol. The van der Waals surface area contributed by atoms with Gasteiger partial charge in [-0.15, -0.1) is 0 Å². The van der Waals surface area contributed by atoms with Gasteiger partial charge in [0.1, 0.15) is 4.99 Å². The summed E-state index contributed by atoms with van der Waals surface area (Å²) in [5, 5.41) is 3.21. The molecular weight excluding hydrogens is 418 g/mol. The fourth-order valence-electron chi connectivity index (χ4n) is 1.77. The van der Waals surface area contributed by atoms with Crippen LogP contribution in [0.1, 0.15) is 5.56 Å². The molecule has 0 atom stereocenters. The van der Waals surface area contributed by atoms with Crippen LogP contribution in [-0.4, -0.2) is 19.2 Å². The smallest absolute Gasteiger partial charge is 0.161 e. The molecule has 0 radical (unpaired) electrons. The summed E-state index contributed by atoms with van der Waals surface area (Å²) in [4.78, 5) is 0.606. The van der Waals surface area contributed by atoms with Crippen LogP contribution < -0.4 is 14.8 Å². The lowest BCUT2D eigenvalue weighted by Crippen LogP contribution is -2.11. The number of benzene rings is 2. The van der Waals surface area contributed by atoms with Crippen LogP contribution in [0, 0.1) is 0 Å². The van der Waals surface area contributed by atoms with Crippen LogP contribution in [0.3, 0.4) is 0 Å². The zero-order chi connectivity index (χ0) is 15.4. The summed E-state index contributed by atoms with van der Waals surface area (Å²) in [7, 11) is 3.20. The highest BCUT2D eigenvalue weighted by molar-refractivity contribution is 9.11. The fraction of sp³-hybridized carbons (Fsp3) is 0.133. The number of halogens is 2. The molecule has 0 saturated carbocycles. The number of thiocarbonyl (C=S) groups is 1. The Morgan fingerprint density at radius 2 is 1.71 bits per heavy atom. The first-order chi connectivity index (χ1) is 10.0. The van der Waals surface area contributed by atoms with Gasteiger partial charge in [-0.25, -0.2) is 0 Å². The number of rotatable bonds is 4. The average molecular weight is 431 g/mol. The molecule has 0 heterocycles. The lowest BCUT2D eigenvalue weighted by molar-refractivity contribution is 0.355. The van der Waals surface area contributed by atoms with E-state index in [1.165, 1.54) is 0 Å². The summed E-state index contributed by atoms with van der Waals surface area (Å²) in [5.74, 6) is 1.32. The van der Waals surface area contributed by atoms with Crippen molar-refractivity contribution in [1.29, 1.82) is 0 Å². The summed E-state index contributed by atoms with van der Waals surface area (Å²) in [6.07, 6.45) is 0. The second-order valence-electron chi connectivity index (χ2n) is 4.15. The maximum absolute atomic E-state index is 5.45. The van der Waals surface area contributed by atoms with Crippen molar-refractivity contribution in [2.24, 2.45) is 0 Å². The first-order valence-electron chi connectivity index (χ1n) is 6.03. The van der Waals surface area contributed by atoms with E-state index >= 15 is 0 Å². The molecule has 0 bridgehead atoms. The van der Waals surface area contributed by atoms with E-state index in [0.717, 1.165) is 20.2 Å². The molecule has 0 saturated heterocycles. The summed E-state index contributed by atoms with van der Waals surface area (Å²) in [6.45, 7) is 0. The Bertz CT molecular complexity index is 677. The zero-order valence-corrected chi connectivity index (χ0v) is 15.4. The van der Waals surface area contributed by atoms with Gasteiger partial charge in [-0.05, 0) is 52.3 Å². The van der Waals surface area contributed by atoms with Gasteiger partial charge in [0.05, 0.1) is 19.9 Å². The molecule has 0 aliphatic carbocycles. The van der Waals surface area contributed by atoms with Gasteiger partial charge in [-0.2, -0.15) is 0 Å². The van der Waals surface area contributed by atoms with Crippen molar-refractivity contribution < 1.29 is 9.47 Å². The maximum atomic E-state index is 5.45. The molecule has 3 nitrogen and oxygen atoms in total. The molecule has 2 rings (SSSR count). The molecule has 6 heteroatoms. The minimum atomic E-state index is 0.606. The lowest BCUT2D eigenvalue weighted by Gasteiger charge is -2.13. The summed E-state index contributed by atoms with van der Waals surface area (Å²) >= 11 is 12.4. The van der Waals surface area contributed by atoms with Gasteiger partial charge in [0.15, 0.2) is 11.5 Å². The third-order valence-corrected chi connectivity index (χ3v) is 4.34. The van der Waals surface area contributed by atoms with Crippen LogP contribution in [0.2, 0.25) is 0 Å². The molecular formula is C15H13Br2NO2S. The van der Waals surface area contributed by atoms with Gasteiger partial charge in [-0.1, -0.05) is 28.1 Å². The normalized spacial score (nSPS) is 10.1. The number of hydrogen-bond acceptors (Lipinski definition) is 3. The highest BCUT2D eigenvalue weighted by Crippen LogP contribution is 2.30. The highest BCUT2D eigenvalue weighted by atomic mass is 79.9. The Kier molecular flexibility index (Phi) is 5.61. The highest BCUT2D eigenvalue weighted by Gasteiger charge is 2.09. The van der Waals surface area contributed by atoms with E-state index in [-0.39, 0.29) is 0 Å². The minimum Gasteiger partial charge on any atom is -0.493 e. The predicted octanol–water partition coefficient (Wildman–Crippen LogP) is 5.02. The lowest BCUT2D eigenvalue weighted by atomic mass is 10.2. The molecule has 0 spiro atoms. The molecule has 0 aliphatic rings. The quantitative estimate of drug-likeness (QED) is 0.690. The molecule has 0 aromatic heterocycles. The summed E-state index contributed by atoms with van der Waals surface area (Å²) in [5.41, 5.74) is 1.75. The third-order valence-electron chi connectivity index (χ3n) is 2.82. The second-order valence-corrected chi connectivity index (χ2v) is 6.33. The van der Waals surface area contributed by atoms with E-state index in [0.29, 0.717) is 16.5 Å². The molecule has 21 heavy (non-hydrogen) atoms. The van der Waals surface area contributed by atoms with Crippen molar-refractivity contribution in [3.63, 3.8) is 0 Å². The van der Waals surface area contributed by atoms with Gasteiger partial charge in [0.2, 0.25) is 0 Å². The molecule has 0 unspecified atom stereocenters. The maximum Gasteiger partial charge on any atom is 0.161 e. The Labute approximate surface area is 145 Å². The molecule has 110 valence electrons. The van der Waals surface area contributed by atoms with Crippen LogP contribution in [0.25, 0.3) is 0 Å².